The second-order valence-electron chi connectivity index (χ2n) is 5.35. The summed E-state index contributed by atoms with van der Waals surface area (Å²) in [5, 5.41) is 17.0. The summed E-state index contributed by atoms with van der Waals surface area (Å²) in [4.78, 5) is 27.6. The maximum atomic E-state index is 12.3. The first-order valence-electron chi connectivity index (χ1n) is 7.35. The molecule has 1 atom stereocenters. The summed E-state index contributed by atoms with van der Waals surface area (Å²) in [6.45, 7) is 1.99. The van der Waals surface area contributed by atoms with Gasteiger partial charge in [0.15, 0.2) is 0 Å². The average molecular weight is 342 g/mol. The smallest absolute Gasteiger partial charge is 0.294 e. The van der Waals surface area contributed by atoms with E-state index in [1.54, 1.807) is 18.2 Å². The topological polar surface area (TPSA) is 97.2 Å². The quantitative estimate of drug-likeness (QED) is 0.501. The van der Waals surface area contributed by atoms with Gasteiger partial charge in [-0.1, -0.05) is 19.1 Å². The number of aromatic nitrogens is 1. The predicted octanol–water partition coefficient (Wildman–Crippen LogP) is 3.49. The van der Waals surface area contributed by atoms with Gasteiger partial charge in [-0.05, 0) is 30.2 Å². The summed E-state index contributed by atoms with van der Waals surface area (Å²) >= 11 is 5.29. The minimum Gasteiger partial charge on any atom is -0.349 e. The molecule has 24 heavy (non-hydrogen) atoms. The highest BCUT2D eigenvalue weighted by molar-refractivity contribution is 7.80. The Labute approximate surface area is 143 Å². The molecular weight excluding hydrogens is 328 g/mol. The minimum absolute atomic E-state index is 0.00705. The molecule has 1 unspecified atom stereocenters. The lowest BCUT2D eigenvalue weighted by molar-refractivity contribution is -0.383. The van der Waals surface area contributed by atoms with Gasteiger partial charge in [-0.15, -0.1) is 0 Å². The van der Waals surface area contributed by atoms with Crippen molar-refractivity contribution >= 4 is 40.2 Å². The lowest BCUT2D eigenvalue weighted by atomic mass is 9.97. The third-order valence-electron chi connectivity index (χ3n) is 3.91. The maximum absolute atomic E-state index is 12.3. The molecule has 0 bridgehead atoms. The van der Waals surface area contributed by atoms with E-state index in [4.69, 9.17) is 12.2 Å². The first-order chi connectivity index (χ1) is 11.5. The molecular formula is C16H14N4O3S. The van der Waals surface area contributed by atoms with Gasteiger partial charge >= 0.3 is 0 Å². The molecule has 2 N–H and O–H groups in total. The van der Waals surface area contributed by atoms with Crippen LogP contribution in [0.3, 0.4) is 0 Å². The van der Waals surface area contributed by atoms with Crippen molar-refractivity contribution in [3.63, 3.8) is 0 Å². The van der Waals surface area contributed by atoms with Crippen molar-refractivity contribution in [1.82, 2.24) is 4.98 Å². The molecule has 1 aliphatic heterocycles. The molecule has 1 amide bonds. The van der Waals surface area contributed by atoms with Gasteiger partial charge in [-0.2, -0.15) is 0 Å². The molecule has 1 aromatic carbocycles. The maximum Gasteiger partial charge on any atom is 0.294 e. The summed E-state index contributed by atoms with van der Waals surface area (Å²) in [5.41, 5.74) is 1.84. The fourth-order valence-electron chi connectivity index (χ4n) is 2.72. The van der Waals surface area contributed by atoms with E-state index in [-0.39, 0.29) is 17.3 Å². The molecule has 2 heterocycles. The van der Waals surface area contributed by atoms with Gasteiger partial charge in [0.25, 0.3) is 11.6 Å². The molecule has 8 heteroatoms. The van der Waals surface area contributed by atoms with Crippen molar-refractivity contribution in [2.45, 2.75) is 19.3 Å². The van der Waals surface area contributed by atoms with Crippen molar-refractivity contribution < 1.29 is 9.72 Å². The van der Waals surface area contributed by atoms with E-state index in [1.807, 2.05) is 6.92 Å². The molecule has 7 nitrogen and oxygen atoms in total. The highest BCUT2D eigenvalue weighted by Crippen LogP contribution is 2.41. The molecule has 1 aromatic heterocycles. The van der Waals surface area contributed by atoms with E-state index in [9.17, 15) is 14.9 Å². The van der Waals surface area contributed by atoms with Gasteiger partial charge in [0.2, 0.25) is 0 Å². The molecule has 0 fully saturated rings. The van der Waals surface area contributed by atoms with Crippen LogP contribution < -0.4 is 10.6 Å². The molecule has 0 spiro atoms. The minimum atomic E-state index is -0.521. The van der Waals surface area contributed by atoms with Gasteiger partial charge in [0, 0.05) is 35.6 Å². The molecule has 0 radical (unpaired) electrons. The predicted molar refractivity (Wildman–Crippen MR) is 94.5 cm³/mol. The number of hydrogen-bond donors (Lipinski definition) is 2. The summed E-state index contributed by atoms with van der Waals surface area (Å²) in [5.74, 6) is -0.436. The zero-order valence-corrected chi connectivity index (χ0v) is 13.6. The van der Waals surface area contributed by atoms with Crippen molar-refractivity contribution in [3.05, 3.63) is 57.9 Å². The van der Waals surface area contributed by atoms with Gasteiger partial charge in [0.05, 0.1) is 9.91 Å². The first kappa shape index (κ1) is 16.0. The number of fused-ring (bicyclic) bond motifs is 1. The number of nitrogens with zero attached hydrogens (tertiary/aromatic N) is 2. The van der Waals surface area contributed by atoms with Crippen LogP contribution in [0.25, 0.3) is 0 Å². The van der Waals surface area contributed by atoms with Crippen LogP contribution in [0.15, 0.2) is 36.7 Å². The Morgan fingerprint density at radius 2 is 2.12 bits per heavy atom. The van der Waals surface area contributed by atoms with E-state index in [0.717, 1.165) is 12.0 Å². The lowest BCUT2D eigenvalue weighted by Gasteiger charge is -2.10. The number of anilines is 2. The van der Waals surface area contributed by atoms with Crippen LogP contribution in [0.2, 0.25) is 0 Å². The Kier molecular flexibility index (Phi) is 4.22. The number of rotatable bonds is 4. The number of thiocarbonyl (C=S) groups is 1. The number of nitro benzene ring substituents is 1. The number of carbonyl (C=O) groups excluding carboxylic acids is 1. The van der Waals surface area contributed by atoms with Crippen LogP contribution in [-0.4, -0.2) is 20.8 Å². The summed E-state index contributed by atoms with van der Waals surface area (Å²) in [6.07, 6.45) is 3.75. The SMILES string of the molecule is CCC1C(=S)Nc2cc([N+](=O)[O-])c(NC(=O)c3ccncc3)cc21. The summed E-state index contributed by atoms with van der Waals surface area (Å²) in [7, 11) is 0. The standard InChI is InChI=1S/C16H14N4O3S/c1-2-10-11-7-13(18-15(21)9-3-5-17-6-4-9)14(20(22)23)8-12(11)19-16(10)24/h3-8,10H,2H2,1H3,(H,18,21)(H,19,24). The van der Waals surface area contributed by atoms with Gasteiger partial charge < -0.3 is 10.6 Å². The number of benzene rings is 1. The third kappa shape index (κ3) is 2.83. The second kappa shape index (κ2) is 6.32. The summed E-state index contributed by atoms with van der Waals surface area (Å²) < 4.78 is 0. The molecule has 3 rings (SSSR count). The van der Waals surface area contributed by atoms with Crippen molar-refractivity contribution in [3.8, 4) is 0 Å². The number of nitrogens with one attached hydrogen (secondary N) is 2. The molecule has 2 aromatic rings. The fraction of sp³-hybridized carbons (Fsp3) is 0.188. The number of amides is 1. The van der Waals surface area contributed by atoms with Gasteiger partial charge in [-0.3, -0.25) is 19.9 Å². The Bertz CT molecular complexity index is 839. The van der Waals surface area contributed by atoms with Crippen molar-refractivity contribution in [2.75, 3.05) is 10.6 Å². The molecule has 0 aliphatic carbocycles. The van der Waals surface area contributed by atoms with E-state index in [2.05, 4.69) is 15.6 Å². The van der Waals surface area contributed by atoms with E-state index >= 15 is 0 Å². The lowest BCUT2D eigenvalue weighted by Crippen LogP contribution is -2.13. The number of nitro groups is 1. The highest BCUT2D eigenvalue weighted by Gasteiger charge is 2.30. The fourth-order valence-corrected chi connectivity index (χ4v) is 3.12. The van der Waals surface area contributed by atoms with Crippen LogP contribution in [0.1, 0.15) is 35.2 Å². The van der Waals surface area contributed by atoms with Crippen LogP contribution in [0, 0.1) is 10.1 Å². The second-order valence-corrected chi connectivity index (χ2v) is 5.79. The Morgan fingerprint density at radius 1 is 1.42 bits per heavy atom. The van der Waals surface area contributed by atoms with Crippen LogP contribution >= 0.6 is 12.2 Å². The molecule has 0 saturated heterocycles. The zero-order chi connectivity index (χ0) is 17.3. The van der Waals surface area contributed by atoms with Gasteiger partial charge in [-0.25, -0.2) is 0 Å². The van der Waals surface area contributed by atoms with E-state index in [0.29, 0.717) is 16.2 Å². The van der Waals surface area contributed by atoms with Gasteiger partial charge in [0.1, 0.15) is 5.69 Å². The van der Waals surface area contributed by atoms with Crippen LogP contribution in [0.4, 0.5) is 17.1 Å². The highest BCUT2D eigenvalue weighted by atomic mass is 32.1. The zero-order valence-electron chi connectivity index (χ0n) is 12.8. The average Bonchev–Trinajstić information content (AvgIpc) is 2.88. The van der Waals surface area contributed by atoms with Crippen LogP contribution in [0.5, 0.6) is 0 Å². The van der Waals surface area contributed by atoms with E-state index < -0.39 is 10.8 Å². The summed E-state index contributed by atoms with van der Waals surface area (Å²) in [6, 6.07) is 6.13. The first-order valence-corrected chi connectivity index (χ1v) is 7.76. The monoisotopic (exact) mass is 342 g/mol. The number of carbonyl (C=O) groups is 1. The Morgan fingerprint density at radius 3 is 2.75 bits per heavy atom. The molecule has 0 saturated carbocycles. The van der Waals surface area contributed by atoms with E-state index in [1.165, 1.54) is 18.5 Å². The normalized spacial score (nSPS) is 15.5. The van der Waals surface area contributed by atoms with Crippen molar-refractivity contribution in [2.24, 2.45) is 0 Å². The Balaban J connectivity index is 2.01. The largest absolute Gasteiger partial charge is 0.349 e. The van der Waals surface area contributed by atoms with Crippen molar-refractivity contribution in [1.29, 1.82) is 0 Å². The van der Waals surface area contributed by atoms with Crippen LogP contribution in [-0.2, 0) is 0 Å². The number of hydrogen-bond acceptors (Lipinski definition) is 5. The molecule has 122 valence electrons. The Hall–Kier alpha value is -2.87. The number of pyridine rings is 1. The third-order valence-corrected chi connectivity index (χ3v) is 4.30. The molecule has 1 aliphatic rings.